The first-order valence-corrected chi connectivity index (χ1v) is 17.5. The van der Waals surface area contributed by atoms with Gasteiger partial charge >= 0.3 is 0 Å². The Balaban J connectivity index is 1.57. The molecular formula is C40H45ClN2O2. The molecule has 5 heteroatoms. The van der Waals surface area contributed by atoms with Crippen LogP contribution < -0.4 is 10.9 Å². The van der Waals surface area contributed by atoms with Crippen LogP contribution in [-0.2, 0) is 13.1 Å². The van der Waals surface area contributed by atoms with Gasteiger partial charge in [0.25, 0.3) is 0 Å². The molecule has 45 heavy (non-hydrogen) atoms. The van der Waals surface area contributed by atoms with Crippen molar-refractivity contribution in [3.63, 3.8) is 0 Å². The molecule has 6 rings (SSSR count). The lowest BCUT2D eigenvalue weighted by Gasteiger charge is -2.19. The molecule has 0 fully saturated rings. The van der Waals surface area contributed by atoms with Gasteiger partial charge < -0.3 is 9.13 Å². The highest BCUT2D eigenvalue weighted by Crippen LogP contribution is 2.30. The lowest BCUT2D eigenvalue weighted by Crippen LogP contribution is -2.16. The second-order valence-electron chi connectivity index (χ2n) is 12.8. The Kier molecular flexibility index (Phi) is 9.90. The quantitative estimate of drug-likeness (QED) is 0.0898. The van der Waals surface area contributed by atoms with Gasteiger partial charge in [-0.3, -0.25) is 9.59 Å². The fourth-order valence-corrected chi connectivity index (χ4v) is 7.25. The summed E-state index contributed by atoms with van der Waals surface area (Å²) < 4.78 is 4.56. The van der Waals surface area contributed by atoms with E-state index in [0.29, 0.717) is 21.2 Å². The number of halogens is 1. The molecule has 0 N–H and O–H groups in total. The van der Waals surface area contributed by atoms with E-state index in [4.69, 9.17) is 11.6 Å². The van der Waals surface area contributed by atoms with Gasteiger partial charge in [-0.05, 0) is 66.1 Å². The van der Waals surface area contributed by atoms with Gasteiger partial charge in [-0.25, -0.2) is 0 Å². The highest BCUT2D eigenvalue weighted by atomic mass is 35.5. The van der Waals surface area contributed by atoms with Crippen LogP contribution in [0.3, 0.4) is 0 Å². The van der Waals surface area contributed by atoms with E-state index in [-0.39, 0.29) is 10.9 Å². The minimum Gasteiger partial charge on any atom is -0.340 e. The van der Waals surface area contributed by atoms with Crippen molar-refractivity contribution in [1.82, 2.24) is 9.13 Å². The van der Waals surface area contributed by atoms with Crippen LogP contribution in [0.1, 0.15) is 90.9 Å². The van der Waals surface area contributed by atoms with Crippen LogP contribution >= 0.6 is 11.6 Å². The molecule has 6 aromatic rings. The number of hydrogen-bond donors (Lipinski definition) is 0. The molecule has 2 heterocycles. The van der Waals surface area contributed by atoms with Crippen molar-refractivity contribution in [2.24, 2.45) is 0 Å². The third kappa shape index (κ3) is 6.40. The number of nitrogens with zero attached hydrogens (tertiary/aromatic N) is 2. The maximum atomic E-state index is 14.3. The smallest absolute Gasteiger partial charge is 0.197 e. The van der Waals surface area contributed by atoms with Gasteiger partial charge in [0, 0.05) is 39.7 Å². The van der Waals surface area contributed by atoms with Crippen LogP contribution in [0.4, 0.5) is 0 Å². The minimum atomic E-state index is -0.0271. The molecule has 0 unspecified atom stereocenters. The number of pyridine rings is 2. The Morgan fingerprint density at radius 1 is 0.489 bits per heavy atom. The fourth-order valence-electron chi connectivity index (χ4n) is 7.08. The van der Waals surface area contributed by atoms with Gasteiger partial charge in [0.2, 0.25) is 0 Å². The lowest BCUT2D eigenvalue weighted by atomic mass is 10.0. The monoisotopic (exact) mass is 620 g/mol. The van der Waals surface area contributed by atoms with Crippen LogP contribution in [0.2, 0.25) is 5.02 Å². The summed E-state index contributed by atoms with van der Waals surface area (Å²) in [7, 11) is 0. The summed E-state index contributed by atoms with van der Waals surface area (Å²) in [6.07, 6.45) is 14.2. The SMILES string of the molecule is CCCCCCCCn1c2ccc(Cl)cc2c(=O)c2cc3c(cc21)c(=O)c1cc2ccccc2cc1n3CCCCCCCC. The van der Waals surface area contributed by atoms with Crippen LogP contribution in [0.15, 0.2) is 76.3 Å². The number of rotatable bonds is 14. The second kappa shape index (κ2) is 14.2. The molecule has 0 saturated heterocycles. The van der Waals surface area contributed by atoms with Gasteiger partial charge in [0.05, 0.1) is 22.1 Å². The molecule has 0 radical (unpaired) electrons. The average molecular weight is 621 g/mol. The van der Waals surface area contributed by atoms with Gasteiger partial charge in [-0.1, -0.05) is 114 Å². The first-order chi connectivity index (χ1) is 22.0. The number of aryl methyl sites for hydroxylation is 2. The predicted octanol–water partition coefficient (Wildman–Crippen LogP) is 11.2. The standard InChI is InChI=1S/C40H45ClN2O2/c1-3-5-7-9-11-15-21-42-35-20-19-30(41)25-32(35)40(45)33-27-38-34(26-37(33)42)39(44)31-23-28-17-13-14-18-29(28)24-36(31)43(38)22-16-12-10-8-6-4-2/h13-14,17-20,23-27H,3-12,15-16,21-22H2,1-2H3. The van der Waals surface area contributed by atoms with E-state index in [1.54, 1.807) is 6.07 Å². The molecule has 0 spiro atoms. The van der Waals surface area contributed by atoms with E-state index in [1.165, 1.54) is 51.4 Å². The van der Waals surface area contributed by atoms with Crippen molar-refractivity contribution in [3.05, 3.63) is 92.2 Å². The Morgan fingerprint density at radius 2 is 0.933 bits per heavy atom. The summed E-state index contributed by atoms with van der Waals surface area (Å²) >= 11 is 6.43. The number of benzene rings is 4. The first kappa shape index (κ1) is 31.4. The van der Waals surface area contributed by atoms with E-state index in [2.05, 4.69) is 47.2 Å². The van der Waals surface area contributed by atoms with E-state index in [1.807, 2.05) is 36.4 Å². The van der Waals surface area contributed by atoms with Crippen LogP contribution in [0.25, 0.3) is 54.4 Å². The van der Waals surface area contributed by atoms with E-state index >= 15 is 0 Å². The van der Waals surface area contributed by atoms with E-state index in [0.717, 1.165) is 77.0 Å². The summed E-state index contributed by atoms with van der Waals surface area (Å²) in [5.41, 5.74) is 3.49. The van der Waals surface area contributed by atoms with Crippen LogP contribution in [0, 0.1) is 0 Å². The topological polar surface area (TPSA) is 44.0 Å². The van der Waals surface area contributed by atoms with Crippen molar-refractivity contribution < 1.29 is 0 Å². The third-order valence-electron chi connectivity index (χ3n) is 9.55. The number of fused-ring (bicyclic) bond motifs is 5. The molecule has 0 bridgehead atoms. The molecule has 0 aliphatic carbocycles. The van der Waals surface area contributed by atoms with Gasteiger partial charge in [-0.15, -0.1) is 0 Å². The highest BCUT2D eigenvalue weighted by Gasteiger charge is 2.18. The Bertz CT molecular complexity index is 2110. The van der Waals surface area contributed by atoms with Crippen molar-refractivity contribution in [1.29, 1.82) is 0 Å². The molecule has 4 aromatic carbocycles. The van der Waals surface area contributed by atoms with Gasteiger partial charge in [0.15, 0.2) is 10.9 Å². The molecule has 4 nitrogen and oxygen atoms in total. The van der Waals surface area contributed by atoms with Gasteiger partial charge in [0.1, 0.15) is 0 Å². The average Bonchev–Trinajstić information content (AvgIpc) is 3.06. The zero-order chi connectivity index (χ0) is 31.3. The predicted molar refractivity (Wildman–Crippen MR) is 194 cm³/mol. The Labute approximate surface area is 270 Å². The zero-order valence-corrected chi connectivity index (χ0v) is 27.6. The number of hydrogen-bond acceptors (Lipinski definition) is 2. The zero-order valence-electron chi connectivity index (χ0n) is 26.8. The molecule has 0 amide bonds. The molecular weight excluding hydrogens is 576 g/mol. The normalized spacial score (nSPS) is 12.0. The summed E-state index contributed by atoms with van der Waals surface area (Å²) in [6, 6.07) is 22.1. The molecule has 234 valence electrons. The fraction of sp³-hybridized carbons (Fsp3) is 0.400. The van der Waals surface area contributed by atoms with Crippen LogP contribution in [0.5, 0.6) is 0 Å². The number of aromatic nitrogens is 2. The van der Waals surface area contributed by atoms with Crippen LogP contribution in [-0.4, -0.2) is 9.13 Å². The highest BCUT2D eigenvalue weighted by molar-refractivity contribution is 6.31. The summed E-state index contributed by atoms with van der Waals surface area (Å²) in [4.78, 5) is 28.4. The molecule has 0 saturated carbocycles. The second-order valence-corrected chi connectivity index (χ2v) is 13.2. The Hall–Kier alpha value is -3.63. The molecule has 0 atom stereocenters. The summed E-state index contributed by atoms with van der Waals surface area (Å²) in [6.45, 7) is 6.07. The summed E-state index contributed by atoms with van der Waals surface area (Å²) in [5, 5.41) is 5.45. The maximum absolute atomic E-state index is 14.3. The largest absolute Gasteiger partial charge is 0.340 e. The molecule has 2 aromatic heterocycles. The van der Waals surface area contributed by atoms with E-state index < -0.39 is 0 Å². The lowest BCUT2D eigenvalue weighted by molar-refractivity contribution is 0.569. The Morgan fingerprint density at radius 3 is 1.51 bits per heavy atom. The summed E-state index contributed by atoms with van der Waals surface area (Å²) in [5.74, 6) is 0. The minimum absolute atomic E-state index is 0.0271. The van der Waals surface area contributed by atoms with Crippen molar-refractivity contribution in [3.8, 4) is 0 Å². The van der Waals surface area contributed by atoms with E-state index in [9.17, 15) is 9.59 Å². The van der Waals surface area contributed by atoms with Crippen molar-refractivity contribution in [2.45, 2.75) is 104 Å². The number of unbranched alkanes of at least 4 members (excludes halogenated alkanes) is 10. The maximum Gasteiger partial charge on any atom is 0.197 e. The first-order valence-electron chi connectivity index (χ1n) is 17.2. The molecule has 0 aliphatic heterocycles. The van der Waals surface area contributed by atoms with Gasteiger partial charge in [-0.2, -0.15) is 0 Å². The third-order valence-corrected chi connectivity index (χ3v) is 9.78. The van der Waals surface area contributed by atoms with Crippen molar-refractivity contribution >= 4 is 66.0 Å². The van der Waals surface area contributed by atoms with Crippen molar-refractivity contribution in [2.75, 3.05) is 0 Å². The molecule has 0 aliphatic rings.